The van der Waals surface area contributed by atoms with Crippen molar-refractivity contribution in [2.24, 2.45) is 0 Å². The number of nitrogens with one attached hydrogen (secondary N) is 1. The van der Waals surface area contributed by atoms with E-state index >= 15 is 0 Å². The molecule has 0 saturated carbocycles. The van der Waals surface area contributed by atoms with Crippen LogP contribution in [0.2, 0.25) is 0 Å². The molecule has 0 spiro atoms. The van der Waals surface area contributed by atoms with Crippen LogP contribution >= 0.6 is 15.9 Å². The first-order chi connectivity index (χ1) is 10.4. The summed E-state index contributed by atoms with van der Waals surface area (Å²) >= 11 is 3.38. The third-order valence-electron chi connectivity index (χ3n) is 3.55. The van der Waals surface area contributed by atoms with Gasteiger partial charge >= 0.3 is 6.03 Å². The maximum absolute atomic E-state index is 12.0. The zero-order chi connectivity index (χ0) is 16.2. The Morgan fingerprint density at radius 3 is 2.82 bits per heavy atom. The highest BCUT2D eigenvalue weighted by molar-refractivity contribution is 9.10. The first kappa shape index (κ1) is 17.1. The molecule has 1 aliphatic rings. The maximum Gasteiger partial charge on any atom is 0.317 e. The predicted octanol–water partition coefficient (Wildman–Crippen LogP) is 1.66. The van der Waals surface area contributed by atoms with Gasteiger partial charge in [-0.2, -0.15) is 0 Å². The highest BCUT2D eigenvalue weighted by atomic mass is 79.9. The maximum atomic E-state index is 12.0. The average molecular weight is 391 g/mol. The van der Waals surface area contributed by atoms with Crippen molar-refractivity contribution in [3.63, 3.8) is 0 Å². The normalized spacial score (nSPS) is 19.6. The Kier molecular flexibility index (Phi) is 5.69. The number of amides is 2. The van der Waals surface area contributed by atoms with Gasteiger partial charge in [0.2, 0.25) is 0 Å². The highest BCUT2D eigenvalue weighted by Crippen LogP contribution is 2.23. The molecule has 6 nitrogen and oxygen atoms in total. The summed E-state index contributed by atoms with van der Waals surface area (Å²) in [6.45, 7) is 0.690. The summed E-state index contributed by atoms with van der Waals surface area (Å²) < 4.78 is 29.3. The second-order valence-corrected chi connectivity index (χ2v) is 8.26. The molecule has 122 valence electrons. The lowest BCUT2D eigenvalue weighted by atomic mass is 10.2. The minimum Gasteiger partial charge on any atom is -0.491 e. The van der Waals surface area contributed by atoms with Gasteiger partial charge in [-0.25, -0.2) is 13.2 Å². The van der Waals surface area contributed by atoms with Crippen molar-refractivity contribution in [1.82, 2.24) is 10.2 Å². The van der Waals surface area contributed by atoms with Crippen LogP contribution in [-0.2, 0) is 9.84 Å². The Morgan fingerprint density at radius 1 is 1.45 bits per heavy atom. The number of benzene rings is 1. The van der Waals surface area contributed by atoms with Crippen LogP contribution in [0, 0.1) is 0 Å². The fourth-order valence-electron chi connectivity index (χ4n) is 2.25. The van der Waals surface area contributed by atoms with Crippen LogP contribution in [0.5, 0.6) is 5.75 Å². The first-order valence-electron chi connectivity index (χ1n) is 6.97. The van der Waals surface area contributed by atoms with E-state index in [1.54, 1.807) is 7.05 Å². The third-order valence-corrected chi connectivity index (χ3v) is 5.95. The lowest BCUT2D eigenvalue weighted by molar-refractivity contribution is 0.192. The molecular formula is C14H19BrN2O4S. The predicted molar refractivity (Wildman–Crippen MR) is 87.9 cm³/mol. The molecule has 1 aromatic carbocycles. The molecule has 0 bridgehead atoms. The summed E-state index contributed by atoms with van der Waals surface area (Å²) in [6.07, 6.45) is 0.500. The van der Waals surface area contributed by atoms with E-state index in [9.17, 15) is 13.2 Å². The van der Waals surface area contributed by atoms with E-state index in [2.05, 4.69) is 21.2 Å². The van der Waals surface area contributed by atoms with Crippen molar-refractivity contribution in [1.29, 1.82) is 0 Å². The summed E-state index contributed by atoms with van der Waals surface area (Å²) in [5.41, 5.74) is 0. The Labute approximate surface area is 138 Å². The second kappa shape index (κ2) is 7.32. The second-order valence-electron chi connectivity index (χ2n) is 5.18. The standard InChI is InChI=1S/C14H19BrN2O4S/c1-17(11-6-9-22(19,20)10-11)14(18)16-7-8-21-13-5-3-2-4-12(13)15/h2-5,11H,6-10H2,1H3,(H,16,18). The Bertz CT molecular complexity index is 635. The molecule has 1 heterocycles. The number of ether oxygens (including phenoxy) is 1. The molecule has 0 aliphatic carbocycles. The van der Waals surface area contributed by atoms with Gasteiger partial charge in [0.05, 0.1) is 22.5 Å². The number of hydrogen-bond donors (Lipinski definition) is 1. The van der Waals surface area contributed by atoms with E-state index in [0.717, 1.165) is 4.47 Å². The Hall–Kier alpha value is -1.28. The zero-order valence-corrected chi connectivity index (χ0v) is 14.7. The van der Waals surface area contributed by atoms with Crippen molar-refractivity contribution in [3.05, 3.63) is 28.7 Å². The molecule has 1 atom stereocenters. The molecule has 8 heteroatoms. The fourth-order valence-corrected chi connectivity index (χ4v) is 4.43. The van der Waals surface area contributed by atoms with Crippen LogP contribution in [0.3, 0.4) is 0 Å². The van der Waals surface area contributed by atoms with Crippen molar-refractivity contribution in [2.45, 2.75) is 12.5 Å². The quantitative estimate of drug-likeness (QED) is 0.775. The SMILES string of the molecule is CN(C(=O)NCCOc1ccccc1Br)C1CCS(=O)(=O)C1. The van der Waals surface area contributed by atoms with Gasteiger partial charge in [0.1, 0.15) is 12.4 Å². The van der Waals surface area contributed by atoms with E-state index in [1.165, 1.54) is 4.90 Å². The molecule has 0 aromatic heterocycles. The molecule has 1 fully saturated rings. The number of hydrogen-bond acceptors (Lipinski definition) is 4. The lowest BCUT2D eigenvalue weighted by Crippen LogP contribution is -2.45. The summed E-state index contributed by atoms with van der Waals surface area (Å²) in [7, 11) is -1.37. The van der Waals surface area contributed by atoms with Crippen LogP contribution in [0.1, 0.15) is 6.42 Å². The van der Waals surface area contributed by atoms with Crippen LogP contribution in [0.15, 0.2) is 28.7 Å². The van der Waals surface area contributed by atoms with Gasteiger partial charge in [-0.05, 0) is 34.5 Å². The summed E-state index contributed by atoms with van der Waals surface area (Å²) in [6, 6.07) is 6.95. The van der Waals surface area contributed by atoms with Gasteiger partial charge in [0.15, 0.2) is 9.84 Å². The molecule has 1 N–H and O–H groups in total. The van der Waals surface area contributed by atoms with Crippen LogP contribution in [0.25, 0.3) is 0 Å². The number of para-hydroxylation sites is 1. The van der Waals surface area contributed by atoms with Crippen molar-refractivity contribution in [3.8, 4) is 5.75 Å². The minimum atomic E-state index is -2.99. The number of carbonyl (C=O) groups excluding carboxylic acids is 1. The molecular weight excluding hydrogens is 372 g/mol. The van der Waals surface area contributed by atoms with Gasteiger partial charge in [-0.1, -0.05) is 12.1 Å². The number of halogens is 1. The highest BCUT2D eigenvalue weighted by Gasteiger charge is 2.32. The van der Waals surface area contributed by atoms with E-state index < -0.39 is 9.84 Å². The van der Waals surface area contributed by atoms with Gasteiger partial charge in [0.25, 0.3) is 0 Å². The van der Waals surface area contributed by atoms with E-state index in [4.69, 9.17) is 4.74 Å². The molecule has 1 unspecified atom stereocenters. The smallest absolute Gasteiger partial charge is 0.317 e. The Balaban J connectivity index is 1.73. The van der Waals surface area contributed by atoms with Crippen LogP contribution in [-0.4, -0.2) is 57.1 Å². The van der Waals surface area contributed by atoms with Gasteiger partial charge < -0.3 is 15.0 Å². The number of carbonyl (C=O) groups is 1. The first-order valence-corrected chi connectivity index (χ1v) is 9.59. The molecule has 2 amide bonds. The van der Waals surface area contributed by atoms with Crippen LogP contribution in [0.4, 0.5) is 4.79 Å². The molecule has 0 radical (unpaired) electrons. The average Bonchev–Trinajstić information content (AvgIpc) is 2.84. The molecule has 1 saturated heterocycles. The summed E-state index contributed by atoms with van der Waals surface area (Å²) in [4.78, 5) is 13.4. The van der Waals surface area contributed by atoms with Gasteiger partial charge in [-0.15, -0.1) is 0 Å². The Morgan fingerprint density at radius 2 is 2.18 bits per heavy atom. The topological polar surface area (TPSA) is 75.7 Å². The fraction of sp³-hybridized carbons (Fsp3) is 0.500. The van der Waals surface area contributed by atoms with E-state index in [-0.39, 0.29) is 23.6 Å². The largest absolute Gasteiger partial charge is 0.491 e. The molecule has 22 heavy (non-hydrogen) atoms. The van der Waals surface area contributed by atoms with Crippen molar-refractivity contribution >= 4 is 31.8 Å². The summed E-state index contributed by atoms with van der Waals surface area (Å²) in [5, 5.41) is 2.73. The van der Waals surface area contributed by atoms with Crippen LogP contribution < -0.4 is 10.1 Å². The monoisotopic (exact) mass is 390 g/mol. The molecule has 2 rings (SSSR count). The number of nitrogens with zero attached hydrogens (tertiary/aromatic N) is 1. The summed E-state index contributed by atoms with van der Waals surface area (Å²) in [5.74, 6) is 0.914. The van der Waals surface area contributed by atoms with Gasteiger partial charge in [0, 0.05) is 13.1 Å². The number of sulfone groups is 1. The lowest BCUT2D eigenvalue weighted by Gasteiger charge is -2.23. The van der Waals surface area contributed by atoms with Crippen molar-refractivity contribution in [2.75, 3.05) is 31.7 Å². The van der Waals surface area contributed by atoms with E-state index in [0.29, 0.717) is 25.3 Å². The van der Waals surface area contributed by atoms with Crippen molar-refractivity contribution < 1.29 is 17.9 Å². The molecule has 1 aromatic rings. The van der Waals surface area contributed by atoms with Gasteiger partial charge in [-0.3, -0.25) is 0 Å². The zero-order valence-electron chi connectivity index (χ0n) is 12.3. The number of urea groups is 1. The van der Waals surface area contributed by atoms with E-state index in [1.807, 2.05) is 24.3 Å². The molecule has 1 aliphatic heterocycles. The minimum absolute atomic E-state index is 0.0460. The number of rotatable bonds is 5. The third kappa shape index (κ3) is 4.61.